The first-order chi connectivity index (χ1) is 12.7. The van der Waals surface area contributed by atoms with E-state index in [2.05, 4.69) is 26.8 Å². The number of nitrogens with one attached hydrogen (secondary N) is 1. The second-order valence-corrected chi connectivity index (χ2v) is 8.55. The van der Waals surface area contributed by atoms with Crippen molar-refractivity contribution in [2.24, 2.45) is 11.8 Å². The normalized spacial score (nSPS) is 26.6. The molecule has 0 spiro atoms. The van der Waals surface area contributed by atoms with E-state index in [1.54, 1.807) is 13.1 Å². The van der Waals surface area contributed by atoms with Gasteiger partial charge in [-0.3, -0.25) is 0 Å². The maximum atomic E-state index is 12.5. The molecule has 4 atom stereocenters. The van der Waals surface area contributed by atoms with Crippen LogP contribution < -0.4 is 10.2 Å². The third-order valence-corrected chi connectivity index (χ3v) is 6.90. The molecule has 6 nitrogen and oxygen atoms in total. The minimum absolute atomic E-state index is 0.233. The Morgan fingerprint density at radius 2 is 2.00 bits per heavy atom. The van der Waals surface area contributed by atoms with E-state index in [1.165, 1.54) is 10.6 Å². The summed E-state index contributed by atoms with van der Waals surface area (Å²) >= 11 is 0. The average Bonchev–Trinajstić information content (AvgIpc) is 3.17. The van der Waals surface area contributed by atoms with Gasteiger partial charge in [0, 0.05) is 33.2 Å². The molecule has 1 saturated heterocycles. The SMILES string of the molecule is C=Cc1c(NC)ncnc1N(C)C1CC2CN(S(=O)CC(F)(F)F)C[C@@H]2C1. The zero-order chi connectivity index (χ0) is 19.8. The van der Waals surface area contributed by atoms with Crippen LogP contribution in [0.5, 0.6) is 0 Å². The van der Waals surface area contributed by atoms with E-state index in [-0.39, 0.29) is 17.9 Å². The van der Waals surface area contributed by atoms with Crippen LogP contribution >= 0.6 is 0 Å². The maximum Gasteiger partial charge on any atom is 0.401 e. The zero-order valence-electron chi connectivity index (χ0n) is 15.4. The van der Waals surface area contributed by atoms with Crippen molar-refractivity contribution >= 4 is 28.7 Å². The summed E-state index contributed by atoms with van der Waals surface area (Å²) in [5.74, 6) is 0.743. The Balaban J connectivity index is 1.66. The highest BCUT2D eigenvalue weighted by Gasteiger charge is 2.45. The lowest BCUT2D eigenvalue weighted by molar-refractivity contribution is -0.106. The van der Waals surface area contributed by atoms with Crippen LogP contribution in [0.1, 0.15) is 18.4 Å². The van der Waals surface area contributed by atoms with Crippen LogP contribution in [0.2, 0.25) is 0 Å². The molecule has 1 aliphatic carbocycles. The number of fused-ring (bicyclic) bond motifs is 1. The fourth-order valence-electron chi connectivity index (χ4n) is 4.17. The molecule has 1 aromatic heterocycles. The molecule has 3 rings (SSSR count). The zero-order valence-corrected chi connectivity index (χ0v) is 16.2. The standard InChI is InChI=1S/C17H24F3N5OS/c1-4-14-15(21-2)22-10-23-16(14)24(3)13-5-11-7-25(8-12(11)6-13)27(26)9-17(18,19)20/h4,10-13H,1,5-9H2,2-3H3,(H,21,22,23)/t11-,12?,13?,27?/m0/s1. The molecule has 0 aromatic carbocycles. The topological polar surface area (TPSA) is 61.4 Å². The van der Waals surface area contributed by atoms with Gasteiger partial charge in [0.25, 0.3) is 0 Å². The molecule has 3 unspecified atom stereocenters. The number of rotatable bonds is 6. The van der Waals surface area contributed by atoms with Crippen molar-refractivity contribution in [3.63, 3.8) is 0 Å². The van der Waals surface area contributed by atoms with Gasteiger partial charge in [-0.25, -0.2) is 18.5 Å². The first-order valence-corrected chi connectivity index (χ1v) is 10.1. The minimum atomic E-state index is -4.40. The highest BCUT2D eigenvalue weighted by molar-refractivity contribution is 7.82. The van der Waals surface area contributed by atoms with Crippen molar-refractivity contribution in [3.05, 3.63) is 18.5 Å². The Kier molecular flexibility index (Phi) is 5.76. The van der Waals surface area contributed by atoms with E-state index in [9.17, 15) is 17.4 Å². The van der Waals surface area contributed by atoms with Crippen LogP contribution in [0.4, 0.5) is 24.8 Å². The lowest BCUT2D eigenvalue weighted by atomic mass is 10.0. The van der Waals surface area contributed by atoms with Crippen molar-refractivity contribution in [1.82, 2.24) is 14.3 Å². The summed E-state index contributed by atoms with van der Waals surface area (Å²) < 4.78 is 50.9. The maximum absolute atomic E-state index is 12.5. The van der Waals surface area contributed by atoms with Crippen molar-refractivity contribution in [3.8, 4) is 0 Å². The van der Waals surface area contributed by atoms with Gasteiger partial charge in [-0.1, -0.05) is 12.7 Å². The fourth-order valence-corrected chi connectivity index (χ4v) is 5.34. The van der Waals surface area contributed by atoms with Crippen LogP contribution in [0.3, 0.4) is 0 Å². The molecule has 0 amide bonds. The highest BCUT2D eigenvalue weighted by Crippen LogP contribution is 2.42. The molecule has 10 heteroatoms. The van der Waals surface area contributed by atoms with Gasteiger partial charge in [0.2, 0.25) is 0 Å². The highest BCUT2D eigenvalue weighted by atomic mass is 32.2. The van der Waals surface area contributed by atoms with E-state index >= 15 is 0 Å². The summed E-state index contributed by atoms with van der Waals surface area (Å²) in [7, 11) is 1.77. The van der Waals surface area contributed by atoms with Gasteiger partial charge in [0.1, 0.15) is 34.7 Å². The number of nitrogens with zero attached hydrogens (tertiary/aromatic N) is 4. The monoisotopic (exact) mass is 403 g/mol. The van der Waals surface area contributed by atoms with Gasteiger partial charge in [-0.05, 0) is 24.7 Å². The molecule has 150 valence electrons. The van der Waals surface area contributed by atoms with Crippen molar-refractivity contribution in [1.29, 1.82) is 0 Å². The van der Waals surface area contributed by atoms with Gasteiger partial charge >= 0.3 is 6.18 Å². The molecule has 1 aliphatic heterocycles. The summed E-state index contributed by atoms with van der Waals surface area (Å²) in [6.07, 6.45) is 0.509. The summed E-state index contributed by atoms with van der Waals surface area (Å²) in [5, 5.41) is 3.03. The first kappa shape index (κ1) is 20.1. The molecule has 1 saturated carbocycles. The number of hydrogen-bond donors (Lipinski definition) is 1. The first-order valence-electron chi connectivity index (χ1n) is 8.81. The van der Waals surface area contributed by atoms with Crippen molar-refractivity contribution in [2.75, 3.05) is 43.2 Å². The fraction of sp³-hybridized carbons (Fsp3) is 0.647. The molecule has 27 heavy (non-hydrogen) atoms. The molecule has 2 fully saturated rings. The van der Waals surface area contributed by atoms with Crippen molar-refractivity contribution < 1.29 is 17.4 Å². The van der Waals surface area contributed by atoms with E-state index in [0.29, 0.717) is 18.9 Å². The smallest absolute Gasteiger partial charge is 0.372 e. The molecule has 0 radical (unpaired) electrons. The number of anilines is 2. The Hall–Kier alpha value is -1.68. The molecule has 1 aromatic rings. The molecule has 0 bridgehead atoms. The number of halogens is 3. The molecule has 2 aliphatic rings. The minimum Gasteiger partial charge on any atom is -0.372 e. The quantitative estimate of drug-likeness (QED) is 0.791. The van der Waals surface area contributed by atoms with Crippen LogP contribution in [0.25, 0.3) is 6.08 Å². The summed E-state index contributed by atoms with van der Waals surface area (Å²) in [5.41, 5.74) is 0.826. The molecular weight excluding hydrogens is 379 g/mol. The van der Waals surface area contributed by atoms with E-state index < -0.39 is 22.9 Å². The van der Waals surface area contributed by atoms with Crippen LogP contribution in [0, 0.1) is 11.8 Å². The Bertz CT molecular complexity index is 715. The van der Waals surface area contributed by atoms with E-state index in [0.717, 1.165) is 24.2 Å². The van der Waals surface area contributed by atoms with Gasteiger partial charge in [-0.15, -0.1) is 0 Å². The third kappa shape index (κ3) is 4.26. The van der Waals surface area contributed by atoms with Crippen LogP contribution in [-0.4, -0.2) is 63.6 Å². The summed E-state index contributed by atoms with van der Waals surface area (Å²) in [6.45, 7) is 4.76. The Morgan fingerprint density at radius 3 is 2.52 bits per heavy atom. The molecular formula is C17H24F3N5OS. The van der Waals surface area contributed by atoms with Gasteiger partial charge in [0.15, 0.2) is 0 Å². The lowest BCUT2D eigenvalue weighted by Crippen LogP contribution is -2.35. The van der Waals surface area contributed by atoms with E-state index in [4.69, 9.17) is 0 Å². The number of aromatic nitrogens is 2. The lowest BCUT2D eigenvalue weighted by Gasteiger charge is -2.29. The van der Waals surface area contributed by atoms with Crippen LogP contribution in [-0.2, 0) is 11.0 Å². The number of alkyl halides is 3. The third-order valence-electron chi connectivity index (χ3n) is 5.45. The van der Waals surface area contributed by atoms with Crippen LogP contribution in [0.15, 0.2) is 12.9 Å². The number of hydrogen-bond acceptors (Lipinski definition) is 5. The molecule has 1 N–H and O–H groups in total. The van der Waals surface area contributed by atoms with Crippen molar-refractivity contribution in [2.45, 2.75) is 25.1 Å². The predicted molar refractivity (Wildman–Crippen MR) is 101 cm³/mol. The Morgan fingerprint density at radius 1 is 1.37 bits per heavy atom. The van der Waals surface area contributed by atoms with E-state index in [1.807, 2.05) is 7.05 Å². The summed E-state index contributed by atoms with van der Waals surface area (Å²) in [4.78, 5) is 10.7. The largest absolute Gasteiger partial charge is 0.401 e. The second kappa shape index (κ2) is 7.75. The predicted octanol–water partition coefficient (Wildman–Crippen LogP) is 2.53. The van der Waals surface area contributed by atoms with Gasteiger partial charge in [0.05, 0.1) is 5.56 Å². The summed E-state index contributed by atoms with van der Waals surface area (Å²) in [6, 6.07) is 0.233. The second-order valence-electron chi connectivity index (χ2n) is 7.10. The van der Waals surface area contributed by atoms with Gasteiger partial charge < -0.3 is 10.2 Å². The average molecular weight is 403 g/mol. The molecule has 2 heterocycles. The van der Waals surface area contributed by atoms with Gasteiger partial charge in [-0.2, -0.15) is 13.2 Å². The Labute approximate surface area is 159 Å².